The molecule has 0 radical (unpaired) electrons. The number of anilines is 2. The highest BCUT2D eigenvalue weighted by Gasteiger charge is 2.17. The summed E-state index contributed by atoms with van der Waals surface area (Å²) in [5, 5.41) is 11.8. The maximum absolute atomic E-state index is 12.5. The Morgan fingerprint density at radius 1 is 1.06 bits per heavy atom. The number of hydrogen-bond donors (Lipinski definition) is 1. The van der Waals surface area contributed by atoms with Crippen LogP contribution in [0.2, 0.25) is 0 Å². The van der Waals surface area contributed by atoms with Crippen molar-refractivity contribution in [3.63, 3.8) is 0 Å². The van der Waals surface area contributed by atoms with Crippen LogP contribution in [0, 0.1) is 26.7 Å². The van der Waals surface area contributed by atoms with Gasteiger partial charge in [0, 0.05) is 24.3 Å². The largest absolute Gasteiger partial charge is 0.483 e. The third-order valence-electron chi connectivity index (χ3n) is 6.32. The van der Waals surface area contributed by atoms with Crippen LogP contribution in [-0.2, 0) is 4.79 Å². The summed E-state index contributed by atoms with van der Waals surface area (Å²) in [6.07, 6.45) is 2.38. The van der Waals surface area contributed by atoms with E-state index in [0.717, 1.165) is 58.5 Å². The molecular formula is C27H32N4O2. The maximum atomic E-state index is 12.5. The van der Waals surface area contributed by atoms with E-state index >= 15 is 0 Å². The second-order valence-corrected chi connectivity index (χ2v) is 9.07. The van der Waals surface area contributed by atoms with Crippen molar-refractivity contribution < 1.29 is 9.53 Å². The van der Waals surface area contributed by atoms with Crippen molar-refractivity contribution in [3.05, 3.63) is 65.2 Å². The number of aryl methyl sites for hydroxylation is 2. The zero-order valence-corrected chi connectivity index (χ0v) is 19.9. The molecule has 1 aliphatic heterocycles. The van der Waals surface area contributed by atoms with Gasteiger partial charge in [-0.25, -0.2) is 0 Å². The van der Waals surface area contributed by atoms with E-state index in [4.69, 9.17) is 4.74 Å². The summed E-state index contributed by atoms with van der Waals surface area (Å²) in [5.74, 6) is 2.25. The van der Waals surface area contributed by atoms with E-state index in [1.165, 1.54) is 12.8 Å². The number of nitrogens with zero attached hydrogens (tertiary/aromatic N) is 3. The summed E-state index contributed by atoms with van der Waals surface area (Å²) in [7, 11) is 0. The zero-order valence-electron chi connectivity index (χ0n) is 19.9. The van der Waals surface area contributed by atoms with Gasteiger partial charge in [-0.1, -0.05) is 25.1 Å². The van der Waals surface area contributed by atoms with E-state index in [-0.39, 0.29) is 12.5 Å². The molecule has 4 rings (SSSR count). The molecule has 0 bridgehead atoms. The van der Waals surface area contributed by atoms with Crippen molar-refractivity contribution in [1.82, 2.24) is 10.2 Å². The molecule has 0 spiro atoms. The van der Waals surface area contributed by atoms with Gasteiger partial charge < -0.3 is 15.0 Å². The standard InChI is InChI=1S/C27H32N4O2/c1-18-10-12-31(13-11-18)26-9-8-24(29-30-26)22-6-5-7-23(16-22)28-27(32)17-33-25-15-19(2)14-20(3)21(25)4/h5-9,14-16,18H,10-13,17H2,1-4H3,(H,28,32). The van der Waals surface area contributed by atoms with Crippen LogP contribution in [0.5, 0.6) is 5.75 Å². The van der Waals surface area contributed by atoms with Crippen molar-refractivity contribution in [2.45, 2.75) is 40.5 Å². The Hall–Kier alpha value is -3.41. The molecule has 0 aliphatic carbocycles. The first-order valence-electron chi connectivity index (χ1n) is 11.6. The van der Waals surface area contributed by atoms with Gasteiger partial charge >= 0.3 is 0 Å². The first-order chi connectivity index (χ1) is 15.9. The normalized spacial score (nSPS) is 14.2. The third-order valence-corrected chi connectivity index (χ3v) is 6.32. The van der Waals surface area contributed by atoms with Crippen molar-refractivity contribution in [3.8, 4) is 17.0 Å². The molecule has 6 heteroatoms. The lowest BCUT2D eigenvalue weighted by Crippen LogP contribution is -2.33. The highest BCUT2D eigenvalue weighted by atomic mass is 16.5. The second kappa shape index (κ2) is 10.0. The summed E-state index contributed by atoms with van der Waals surface area (Å²) >= 11 is 0. The monoisotopic (exact) mass is 444 g/mol. The van der Waals surface area contributed by atoms with Crippen LogP contribution >= 0.6 is 0 Å². The maximum Gasteiger partial charge on any atom is 0.262 e. The summed E-state index contributed by atoms with van der Waals surface area (Å²) in [4.78, 5) is 14.8. The molecule has 1 aliphatic rings. The minimum atomic E-state index is -0.202. The van der Waals surface area contributed by atoms with E-state index < -0.39 is 0 Å². The molecule has 6 nitrogen and oxygen atoms in total. The third kappa shape index (κ3) is 5.69. The minimum Gasteiger partial charge on any atom is -0.483 e. The van der Waals surface area contributed by atoms with Gasteiger partial charge in [0.1, 0.15) is 5.75 Å². The number of carbonyl (C=O) groups is 1. The van der Waals surface area contributed by atoms with E-state index in [9.17, 15) is 4.79 Å². The molecule has 1 fully saturated rings. The number of ether oxygens (including phenoxy) is 1. The SMILES string of the molecule is Cc1cc(C)c(C)c(OCC(=O)Nc2cccc(-c3ccc(N4CCC(C)CC4)nn3)c2)c1. The molecule has 3 aromatic rings. The number of carbonyl (C=O) groups excluding carboxylic acids is 1. The van der Waals surface area contributed by atoms with Crippen molar-refractivity contribution in [1.29, 1.82) is 0 Å². The quantitative estimate of drug-likeness (QED) is 0.557. The molecule has 0 atom stereocenters. The van der Waals surface area contributed by atoms with Crippen LogP contribution in [0.3, 0.4) is 0 Å². The Morgan fingerprint density at radius 3 is 2.58 bits per heavy atom. The highest BCUT2D eigenvalue weighted by Crippen LogP contribution is 2.25. The lowest BCUT2D eigenvalue weighted by molar-refractivity contribution is -0.118. The molecule has 1 aromatic heterocycles. The van der Waals surface area contributed by atoms with Crippen LogP contribution in [0.25, 0.3) is 11.3 Å². The van der Waals surface area contributed by atoms with Crippen LogP contribution in [0.4, 0.5) is 11.5 Å². The Labute approximate surface area is 196 Å². The van der Waals surface area contributed by atoms with Gasteiger partial charge in [0.2, 0.25) is 0 Å². The van der Waals surface area contributed by atoms with Crippen LogP contribution < -0.4 is 15.0 Å². The fraction of sp³-hybridized carbons (Fsp3) is 0.370. The van der Waals surface area contributed by atoms with Gasteiger partial charge in [-0.05, 0) is 86.6 Å². The predicted molar refractivity (Wildman–Crippen MR) is 133 cm³/mol. The molecule has 0 saturated carbocycles. The number of hydrogen-bond acceptors (Lipinski definition) is 5. The van der Waals surface area contributed by atoms with Crippen LogP contribution in [-0.4, -0.2) is 35.8 Å². The van der Waals surface area contributed by atoms with Gasteiger partial charge in [0.25, 0.3) is 5.91 Å². The topological polar surface area (TPSA) is 67.3 Å². The molecule has 2 aromatic carbocycles. The van der Waals surface area contributed by atoms with Crippen molar-refractivity contribution >= 4 is 17.4 Å². The molecule has 1 saturated heterocycles. The molecular weight excluding hydrogens is 412 g/mol. The molecule has 2 heterocycles. The average molecular weight is 445 g/mol. The van der Waals surface area contributed by atoms with Gasteiger partial charge in [-0.2, -0.15) is 0 Å². The van der Waals surface area contributed by atoms with Gasteiger partial charge in [-0.3, -0.25) is 4.79 Å². The molecule has 1 N–H and O–H groups in total. The number of amides is 1. The average Bonchev–Trinajstić information content (AvgIpc) is 2.81. The van der Waals surface area contributed by atoms with E-state index in [1.807, 2.05) is 63.2 Å². The lowest BCUT2D eigenvalue weighted by atomic mass is 9.99. The zero-order chi connectivity index (χ0) is 23.4. The van der Waals surface area contributed by atoms with E-state index in [2.05, 4.69) is 33.4 Å². The van der Waals surface area contributed by atoms with Gasteiger partial charge in [0.05, 0.1) is 5.69 Å². The van der Waals surface area contributed by atoms with Crippen LogP contribution in [0.15, 0.2) is 48.5 Å². The molecule has 33 heavy (non-hydrogen) atoms. The first kappa shape index (κ1) is 22.8. The van der Waals surface area contributed by atoms with Crippen molar-refractivity contribution in [2.75, 3.05) is 29.9 Å². The second-order valence-electron chi connectivity index (χ2n) is 9.07. The molecule has 0 unspecified atom stereocenters. The fourth-order valence-electron chi connectivity index (χ4n) is 4.13. The minimum absolute atomic E-state index is 0.0447. The summed E-state index contributed by atoms with van der Waals surface area (Å²) in [6, 6.07) is 15.7. The molecule has 172 valence electrons. The Kier molecular flexibility index (Phi) is 6.92. The number of rotatable bonds is 6. The van der Waals surface area contributed by atoms with Crippen molar-refractivity contribution in [2.24, 2.45) is 5.92 Å². The number of aromatic nitrogens is 2. The van der Waals surface area contributed by atoms with E-state index in [1.54, 1.807) is 0 Å². The first-order valence-corrected chi connectivity index (χ1v) is 11.6. The van der Waals surface area contributed by atoms with Gasteiger partial charge in [-0.15, -0.1) is 10.2 Å². The van der Waals surface area contributed by atoms with Gasteiger partial charge in [0.15, 0.2) is 12.4 Å². The number of nitrogens with one attached hydrogen (secondary N) is 1. The summed E-state index contributed by atoms with van der Waals surface area (Å²) in [6.45, 7) is 10.4. The number of piperidine rings is 1. The highest BCUT2D eigenvalue weighted by molar-refractivity contribution is 5.92. The molecule has 1 amide bonds. The summed E-state index contributed by atoms with van der Waals surface area (Å²) in [5.41, 5.74) is 5.71. The number of benzene rings is 2. The van der Waals surface area contributed by atoms with Crippen LogP contribution in [0.1, 0.15) is 36.5 Å². The smallest absolute Gasteiger partial charge is 0.262 e. The Morgan fingerprint density at radius 2 is 1.85 bits per heavy atom. The Bertz CT molecular complexity index is 1120. The Balaban J connectivity index is 1.38. The lowest BCUT2D eigenvalue weighted by Gasteiger charge is -2.30. The fourth-order valence-corrected chi connectivity index (χ4v) is 4.13. The predicted octanol–water partition coefficient (Wildman–Crippen LogP) is 5.32. The van der Waals surface area contributed by atoms with E-state index in [0.29, 0.717) is 5.69 Å². The summed E-state index contributed by atoms with van der Waals surface area (Å²) < 4.78 is 5.79.